The summed E-state index contributed by atoms with van der Waals surface area (Å²) < 4.78 is 41.3. The molecule has 1 atom stereocenters. The molecule has 0 saturated carbocycles. The third kappa shape index (κ3) is 10.4. The molecule has 52 heavy (non-hydrogen) atoms. The van der Waals surface area contributed by atoms with Gasteiger partial charge in [0.15, 0.2) is 18.7 Å². The topological polar surface area (TPSA) is 132 Å². The molecule has 0 aliphatic carbocycles. The second-order valence-electron chi connectivity index (χ2n) is 15.1. The summed E-state index contributed by atoms with van der Waals surface area (Å²) in [6.45, 7) is 14.2. The van der Waals surface area contributed by atoms with E-state index >= 15 is 0 Å². The summed E-state index contributed by atoms with van der Waals surface area (Å²) in [5.74, 6) is -4.38. The summed E-state index contributed by atoms with van der Waals surface area (Å²) in [4.78, 5) is 43.3. The van der Waals surface area contributed by atoms with Gasteiger partial charge in [-0.25, -0.2) is 14.1 Å². The molecule has 1 heterocycles. The Morgan fingerprint density at radius 1 is 0.769 bits per heavy atom. The molecular weight excluding hydrogens is 727 g/mol. The number of imidazole rings is 1. The van der Waals surface area contributed by atoms with Crippen LogP contribution in [0, 0.1) is 16.2 Å². The van der Waals surface area contributed by atoms with Crippen molar-refractivity contribution >= 4 is 61.0 Å². The second kappa shape index (κ2) is 16.5. The molecule has 0 radical (unpaired) electrons. The Bertz CT molecular complexity index is 1910. The fourth-order valence-electron chi connectivity index (χ4n) is 4.46. The molecule has 4 aromatic rings. The van der Waals surface area contributed by atoms with Crippen molar-refractivity contribution in [3.05, 3.63) is 71.8 Å². The lowest BCUT2D eigenvalue weighted by molar-refractivity contribution is -0.332. The maximum atomic E-state index is 13.1. The molecule has 278 valence electrons. The number of hydrogen-bond donors (Lipinski definition) is 0. The number of benzene rings is 3. The monoisotopic (exact) mass is 770 g/mol. The van der Waals surface area contributed by atoms with Gasteiger partial charge in [-0.15, -0.1) is 0 Å². The Labute approximate surface area is 314 Å². The highest BCUT2D eigenvalue weighted by atomic mass is 35.5. The van der Waals surface area contributed by atoms with Crippen LogP contribution < -0.4 is 0 Å². The SMILES string of the molecule is CC(C)(C)C(=O)OCOC(CSc1nc2cc(-c3ccc(-c4ccccc4)cc3)c(Cl)cc2n1COC(=O)C(C)(C)C)(OP=O)OC(=O)C(C)(C)C. The Morgan fingerprint density at radius 2 is 1.33 bits per heavy atom. The fraction of sp³-hybridized carbons (Fsp3) is 0.421. The first kappa shape index (κ1) is 41.0. The summed E-state index contributed by atoms with van der Waals surface area (Å²) in [7, 11) is -0.875. The molecule has 0 aliphatic rings. The average Bonchev–Trinajstić information content (AvgIpc) is 3.40. The number of esters is 3. The van der Waals surface area contributed by atoms with Crippen molar-refractivity contribution in [2.24, 2.45) is 16.2 Å². The van der Waals surface area contributed by atoms with Gasteiger partial charge in [0.05, 0.1) is 38.1 Å². The number of hydrogen-bond acceptors (Lipinski definition) is 11. The molecule has 4 rings (SSSR count). The molecule has 0 fully saturated rings. The minimum atomic E-state index is -2.29. The van der Waals surface area contributed by atoms with Crippen LogP contribution in [0.5, 0.6) is 0 Å². The molecule has 0 N–H and O–H groups in total. The van der Waals surface area contributed by atoms with E-state index in [0.29, 0.717) is 21.2 Å². The zero-order chi connectivity index (χ0) is 38.5. The van der Waals surface area contributed by atoms with Gasteiger partial charge in [-0.3, -0.25) is 23.7 Å². The largest absolute Gasteiger partial charge is 0.443 e. The highest BCUT2D eigenvalue weighted by Gasteiger charge is 2.43. The van der Waals surface area contributed by atoms with Crippen molar-refractivity contribution in [1.29, 1.82) is 0 Å². The van der Waals surface area contributed by atoms with Crippen molar-refractivity contribution in [3.8, 4) is 22.3 Å². The number of rotatable bonds is 13. The molecule has 11 nitrogen and oxygen atoms in total. The number of carbonyl (C=O) groups excluding carboxylic acids is 3. The van der Waals surface area contributed by atoms with Crippen LogP contribution in [0.3, 0.4) is 0 Å². The van der Waals surface area contributed by atoms with Crippen LogP contribution in [0.1, 0.15) is 62.3 Å². The van der Waals surface area contributed by atoms with E-state index in [2.05, 4.69) is 0 Å². The number of carbonyl (C=O) groups is 3. The molecule has 0 amide bonds. The van der Waals surface area contributed by atoms with E-state index in [4.69, 9.17) is 40.1 Å². The average molecular weight is 771 g/mol. The molecule has 1 unspecified atom stereocenters. The fourth-order valence-corrected chi connectivity index (χ4v) is 6.06. The van der Waals surface area contributed by atoms with Gasteiger partial charge in [0.1, 0.15) is 0 Å². The molecule has 0 aliphatic heterocycles. The molecular formula is C38H44ClN2O9PS. The second-order valence-corrected chi connectivity index (χ2v) is 16.8. The molecule has 3 aromatic carbocycles. The Kier molecular flexibility index (Phi) is 13.0. The highest BCUT2D eigenvalue weighted by Crippen LogP contribution is 2.38. The lowest BCUT2D eigenvalue weighted by Gasteiger charge is -2.32. The molecule has 0 spiro atoms. The third-order valence-corrected chi connectivity index (χ3v) is 9.27. The normalized spacial score (nSPS) is 13.5. The minimum absolute atomic E-state index is 0.226. The maximum absolute atomic E-state index is 13.1. The zero-order valence-corrected chi connectivity index (χ0v) is 33.2. The van der Waals surface area contributed by atoms with E-state index in [9.17, 15) is 18.9 Å². The van der Waals surface area contributed by atoms with Gasteiger partial charge in [0.25, 0.3) is 0 Å². The summed E-state index contributed by atoms with van der Waals surface area (Å²) in [5, 5.41) is 0.743. The molecule has 0 bridgehead atoms. The van der Waals surface area contributed by atoms with E-state index in [0.717, 1.165) is 34.0 Å². The summed E-state index contributed by atoms with van der Waals surface area (Å²) in [6.07, 6.45) is 0. The van der Waals surface area contributed by atoms with E-state index < -0.39 is 55.6 Å². The van der Waals surface area contributed by atoms with Gasteiger partial charge in [-0.1, -0.05) is 78.0 Å². The van der Waals surface area contributed by atoms with Crippen molar-refractivity contribution in [1.82, 2.24) is 9.55 Å². The number of ether oxygens (including phenoxy) is 4. The van der Waals surface area contributed by atoms with Crippen molar-refractivity contribution < 1.29 is 42.4 Å². The van der Waals surface area contributed by atoms with E-state index in [1.807, 2.05) is 60.7 Å². The third-order valence-electron chi connectivity index (χ3n) is 7.54. The quantitative estimate of drug-likeness (QED) is 0.0423. The number of thioether (sulfide) groups is 1. The summed E-state index contributed by atoms with van der Waals surface area (Å²) >= 11 is 7.90. The number of fused-ring (bicyclic) bond motifs is 1. The first-order valence-electron chi connectivity index (χ1n) is 16.5. The standard InChI is InChI=1S/C38H44ClN2O9PS/c1-35(2,3)31(42)46-22-41-30-20-28(39)27(26-17-15-25(16-18-26)24-13-11-10-12-14-24)19-29(30)40-34(41)52-21-38(50-51-45,49-33(44)37(7,8)9)48-23-47-32(43)36(4,5)6/h10-20H,21-23H2,1-9H3. The van der Waals surface area contributed by atoms with E-state index in [1.165, 1.54) is 0 Å². The van der Waals surface area contributed by atoms with E-state index in [-0.39, 0.29) is 12.5 Å². The minimum Gasteiger partial charge on any atom is -0.443 e. The van der Waals surface area contributed by atoms with Crippen LogP contribution in [-0.4, -0.2) is 46.0 Å². The molecule has 14 heteroatoms. The van der Waals surface area contributed by atoms with Gasteiger partial charge in [-0.2, -0.15) is 0 Å². The zero-order valence-electron chi connectivity index (χ0n) is 30.8. The van der Waals surface area contributed by atoms with Crippen LogP contribution in [0.4, 0.5) is 0 Å². The van der Waals surface area contributed by atoms with Crippen LogP contribution >= 0.6 is 32.0 Å². The lowest BCUT2D eigenvalue weighted by atomic mass is 9.97. The molecule has 1 aromatic heterocycles. The van der Waals surface area contributed by atoms with Crippen molar-refractivity contribution in [3.63, 3.8) is 0 Å². The lowest BCUT2D eigenvalue weighted by Crippen LogP contribution is -2.45. The predicted molar refractivity (Wildman–Crippen MR) is 200 cm³/mol. The Hall–Kier alpha value is -3.80. The van der Waals surface area contributed by atoms with Crippen molar-refractivity contribution in [2.45, 2.75) is 80.2 Å². The number of nitrogens with zero attached hydrogens (tertiary/aromatic N) is 2. The van der Waals surface area contributed by atoms with Gasteiger partial charge in [0.2, 0.25) is 0 Å². The van der Waals surface area contributed by atoms with Gasteiger partial charge in [0, 0.05) is 5.56 Å². The van der Waals surface area contributed by atoms with Crippen LogP contribution in [-0.2, 0) is 49.2 Å². The maximum Gasteiger partial charge on any atom is 0.352 e. The Balaban J connectivity index is 1.74. The smallest absolute Gasteiger partial charge is 0.352 e. The summed E-state index contributed by atoms with van der Waals surface area (Å²) in [5.41, 5.74) is 2.18. The van der Waals surface area contributed by atoms with Gasteiger partial charge in [-0.05, 0) is 91.1 Å². The van der Waals surface area contributed by atoms with Crippen LogP contribution in [0.25, 0.3) is 33.3 Å². The van der Waals surface area contributed by atoms with E-state index in [1.54, 1.807) is 72.9 Å². The highest BCUT2D eigenvalue weighted by molar-refractivity contribution is 7.99. The Morgan fingerprint density at radius 3 is 1.90 bits per heavy atom. The predicted octanol–water partition coefficient (Wildman–Crippen LogP) is 9.69. The van der Waals surface area contributed by atoms with Gasteiger partial charge < -0.3 is 14.2 Å². The first-order valence-corrected chi connectivity index (χ1v) is 18.5. The summed E-state index contributed by atoms with van der Waals surface area (Å²) in [6, 6.07) is 21.6. The molecule has 0 saturated heterocycles. The number of aromatic nitrogens is 2. The van der Waals surface area contributed by atoms with Crippen LogP contribution in [0.2, 0.25) is 5.02 Å². The first-order chi connectivity index (χ1) is 24.2. The van der Waals surface area contributed by atoms with Crippen LogP contribution in [0.15, 0.2) is 71.9 Å². The van der Waals surface area contributed by atoms with Gasteiger partial charge >= 0.3 is 32.6 Å². The van der Waals surface area contributed by atoms with Crippen molar-refractivity contribution in [2.75, 3.05) is 12.5 Å². The number of halogens is 1.